The van der Waals surface area contributed by atoms with Gasteiger partial charge in [-0.15, -0.1) is 11.3 Å². The Balaban J connectivity index is 1.34. The Morgan fingerprint density at radius 2 is 1.47 bits per heavy atom. The molecule has 0 bridgehead atoms. The second-order valence-corrected chi connectivity index (χ2v) is 10.6. The molecule has 4 nitrogen and oxygen atoms in total. The summed E-state index contributed by atoms with van der Waals surface area (Å²) in [6.45, 7) is 0.606. The first-order chi connectivity index (χ1) is 18.7. The van der Waals surface area contributed by atoms with E-state index in [9.17, 15) is 0 Å². The van der Waals surface area contributed by atoms with Crippen molar-refractivity contribution in [3.05, 3.63) is 126 Å². The van der Waals surface area contributed by atoms with Gasteiger partial charge < -0.3 is 15.6 Å². The first-order valence-corrected chi connectivity index (χ1v) is 13.4. The fraction of sp³-hybridized carbons (Fsp3) is 0.0606. The van der Waals surface area contributed by atoms with Crippen LogP contribution in [0.2, 0.25) is 0 Å². The van der Waals surface area contributed by atoms with E-state index in [2.05, 4.69) is 88.7 Å². The maximum atomic E-state index is 9.15. The summed E-state index contributed by atoms with van der Waals surface area (Å²) in [7, 11) is 0. The van der Waals surface area contributed by atoms with Gasteiger partial charge in [-0.3, -0.25) is 0 Å². The highest BCUT2D eigenvalue weighted by Gasteiger charge is 2.17. The molecule has 7 aromatic rings. The number of thiophene rings is 1. The maximum absolute atomic E-state index is 9.15. The Kier molecular flexibility index (Phi) is 5.36. The van der Waals surface area contributed by atoms with E-state index in [-0.39, 0.29) is 6.04 Å². The van der Waals surface area contributed by atoms with Crippen LogP contribution in [-0.4, -0.2) is 4.57 Å². The normalized spacial score (nSPS) is 12.3. The van der Waals surface area contributed by atoms with Crippen molar-refractivity contribution < 1.29 is 0 Å². The topological polar surface area (TPSA) is 66.8 Å². The summed E-state index contributed by atoms with van der Waals surface area (Å²) in [5, 5.41) is 18.0. The van der Waals surface area contributed by atoms with E-state index in [0.717, 1.165) is 16.8 Å². The summed E-state index contributed by atoms with van der Waals surface area (Å²) in [5.41, 5.74) is 12.8. The predicted octanol–water partition coefficient (Wildman–Crippen LogP) is 8.15. The molecule has 7 rings (SSSR count). The number of anilines is 1. The number of aromatic nitrogens is 1. The maximum Gasteiger partial charge on any atom is 0.0991 e. The predicted molar refractivity (Wildman–Crippen MR) is 160 cm³/mol. The second kappa shape index (κ2) is 9.04. The molecule has 0 aliphatic rings. The third-order valence-corrected chi connectivity index (χ3v) is 8.59. The summed E-state index contributed by atoms with van der Waals surface area (Å²) in [6, 6.07) is 39.4. The van der Waals surface area contributed by atoms with E-state index in [4.69, 9.17) is 11.0 Å². The van der Waals surface area contributed by atoms with Gasteiger partial charge in [-0.05, 0) is 41.5 Å². The number of rotatable bonds is 5. The van der Waals surface area contributed by atoms with Crippen molar-refractivity contribution >= 4 is 59.0 Å². The Labute approximate surface area is 224 Å². The Morgan fingerprint density at radius 3 is 2.32 bits per heavy atom. The van der Waals surface area contributed by atoms with Gasteiger partial charge in [0.25, 0.3) is 0 Å². The average molecular weight is 509 g/mol. The molecule has 3 N–H and O–H groups in total. The van der Waals surface area contributed by atoms with Crippen molar-refractivity contribution in [2.24, 2.45) is 5.73 Å². The van der Waals surface area contributed by atoms with Gasteiger partial charge in [0.15, 0.2) is 0 Å². The number of nitrogens with two attached hydrogens (primary N) is 1. The molecule has 2 aromatic heterocycles. The zero-order chi connectivity index (χ0) is 25.6. The van der Waals surface area contributed by atoms with Crippen LogP contribution in [0.3, 0.4) is 0 Å². The number of para-hydroxylation sites is 2. The van der Waals surface area contributed by atoms with E-state index in [1.807, 2.05) is 47.7 Å². The molecule has 0 spiro atoms. The van der Waals surface area contributed by atoms with Crippen LogP contribution in [0.15, 0.2) is 109 Å². The highest BCUT2D eigenvalue weighted by molar-refractivity contribution is 7.26. The number of nitrogens with one attached hydrogen (secondary N) is 1. The molecule has 2 heterocycles. The monoisotopic (exact) mass is 508 g/mol. The average Bonchev–Trinajstić information content (AvgIpc) is 3.51. The van der Waals surface area contributed by atoms with Gasteiger partial charge in [-0.2, -0.15) is 5.26 Å². The molecule has 1 unspecified atom stereocenters. The first-order valence-electron chi connectivity index (χ1n) is 12.6. The lowest BCUT2D eigenvalue weighted by Crippen LogP contribution is -2.16. The SMILES string of the molecule is N#Cc1ccc(C(N)c2ccccc2NCn2c3ccccc3c3ccc4c5ccccc5sc4c32)cc1. The molecule has 0 saturated carbocycles. The quantitative estimate of drug-likeness (QED) is 0.246. The zero-order valence-corrected chi connectivity index (χ0v) is 21.4. The van der Waals surface area contributed by atoms with Crippen LogP contribution >= 0.6 is 11.3 Å². The van der Waals surface area contributed by atoms with Crippen molar-refractivity contribution in [2.45, 2.75) is 12.7 Å². The molecule has 38 heavy (non-hydrogen) atoms. The lowest BCUT2D eigenvalue weighted by Gasteiger charge is -2.19. The number of fused-ring (bicyclic) bond motifs is 7. The van der Waals surface area contributed by atoms with Crippen LogP contribution in [0, 0.1) is 11.3 Å². The van der Waals surface area contributed by atoms with Gasteiger partial charge in [0, 0.05) is 31.9 Å². The van der Waals surface area contributed by atoms with E-state index in [1.165, 1.54) is 42.0 Å². The molecule has 0 radical (unpaired) electrons. The minimum Gasteiger partial charge on any atom is -0.367 e. The fourth-order valence-corrected chi connectivity index (χ4v) is 6.78. The van der Waals surface area contributed by atoms with E-state index < -0.39 is 0 Å². The number of hydrogen-bond acceptors (Lipinski definition) is 4. The van der Waals surface area contributed by atoms with Crippen molar-refractivity contribution in [2.75, 3.05) is 5.32 Å². The van der Waals surface area contributed by atoms with Crippen LogP contribution in [0.25, 0.3) is 42.0 Å². The van der Waals surface area contributed by atoms with E-state index in [0.29, 0.717) is 12.2 Å². The van der Waals surface area contributed by atoms with Gasteiger partial charge in [0.2, 0.25) is 0 Å². The Hall–Kier alpha value is -4.63. The highest BCUT2D eigenvalue weighted by Crippen LogP contribution is 2.41. The number of nitriles is 1. The Bertz CT molecular complexity index is 2010. The van der Waals surface area contributed by atoms with Gasteiger partial charge in [-0.25, -0.2) is 0 Å². The van der Waals surface area contributed by atoms with Crippen molar-refractivity contribution in [3.63, 3.8) is 0 Å². The Morgan fingerprint density at radius 1 is 0.763 bits per heavy atom. The van der Waals surface area contributed by atoms with Gasteiger partial charge in [0.1, 0.15) is 0 Å². The standard InChI is InChI=1S/C33H24N4S/c34-19-21-13-15-22(16-14-21)31(35)27-9-1-4-10-28(27)36-20-37-29-11-5-2-7-23(29)25-17-18-26-24-8-3-6-12-30(24)38-33(26)32(25)37/h1-18,31,36H,20,35H2. The molecule has 182 valence electrons. The number of hydrogen-bond donors (Lipinski definition) is 2. The largest absolute Gasteiger partial charge is 0.367 e. The summed E-state index contributed by atoms with van der Waals surface area (Å²) in [4.78, 5) is 0. The zero-order valence-electron chi connectivity index (χ0n) is 20.6. The van der Waals surface area contributed by atoms with Gasteiger partial charge >= 0.3 is 0 Å². The molecular formula is C33H24N4S. The third-order valence-electron chi connectivity index (χ3n) is 7.40. The molecule has 5 aromatic carbocycles. The minimum atomic E-state index is -0.307. The van der Waals surface area contributed by atoms with Crippen LogP contribution in [0.4, 0.5) is 5.69 Å². The summed E-state index contributed by atoms with van der Waals surface area (Å²) >= 11 is 1.86. The number of nitrogens with zero attached hydrogens (tertiary/aromatic N) is 2. The molecule has 0 amide bonds. The molecule has 1 atom stereocenters. The summed E-state index contributed by atoms with van der Waals surface area (Å²) < 4.78 is 5.01. The van der Waals surface area contributed by atoms with Crippen molar-refractivity contribution in [3.8, 4) is 6.07 Å². The molecule has 0 aliphatic carbocycles. The molecule has 0 saturated heterocycles. The summed E-state index contributed by atoms with van der Waals surface area (Å²) in [6.07, 6.45) is 0. The smallest absolute Gasteiger partial charge is 0.0991 e. The van der Waals surface area contributed by atoms with Gasteiger partial charge in [0.05, 0.1) is 40.1 Å². The molecular weight excluding hydrogens is 484 g/mol. The van der Waals surface area contributed by atoms with Crippen LogP contribution in [0.1, 0.15) is 22.7 Å². The van der Waals surface area contributed by atoms with Crippen molar-refractivity contribution in [1.82, 2.24) is 4.57 Å². The highest BCUT2D eigenvalue weighted by atomic mass is 32.1. The van der Waals surface area contributed by atoms with Crippen LogP contribution in [0.5, 0.6) is 0 Å². The second-order valence-electron chi connectivity index (χ2n) is 9.52. The third kappa shape index (κ3) is 3.54. The summed E-state index contributed by atoms with van der Waals surface area (Å²) in [5.74, 6) is 0. The lowest BCUT2D eigenvalue weighted by atomic mass is 9.97. The van der Waals surface area contributed by atoms with Gasteiger partial charge in [-0.1, -0.05) is 78.9 Å². The molecule has 0 fully saturated rings. The van der Waals surface area contributed by atoms with Crippen molar-refractivity contribution in [1.29, 1.82) is 5.26 Å². The van der Waals surface area contributed by atoms with Crippen LogP contribution in [-0.2, 0) is 6.67 Å². The van der Waals surface area contributed by atoms with E-state index >= 15 is 0 Å². The lowest BCUT2D eigenvalue weighted by molar-refractivity contribution is 0.826. The van der Waals surface area contributed by atoms with E-state index in [1.54, 1.807) is 0 Å². The minimum absolute atomic E-state index is 0.307. The van der Waals surface area contributed by atoms with Crippen LogP contribution < -0.4 is 11.1 Å². The fourth-order valence-electron chi connectivity index (χ4n) is 5.52. The molecule has 5 heteroatoms. The molecule has 0 aliphatic heterocycles. The first kappa shape index (κ1) is 22.6. The number of benzene rings is 5.